The molecule has 2 unspecified atom stereocenters. The van der Waals surface area contributed by atoms with E-state index in [2.05, 4.69) is 0 Å². The Morgan fingerprint density at radius 3 is 2.00 bits per heavy atom. The van der Waals surface area contributed by atoms with Crippen LogP contribution in [0.25, 0.3) is 0 Å². The van der Waals surface area contributed by atoms with Crippen LogP contribution in [-0.2, 0) is 9.59 Å². The van der Waals surface area contributed by atoms with E-state index in [1.807, 2.05) is 5.32 Å². The quantitative estimate of drug-likeness (QED) is 0.538. The van der Waals surface area contributed by atoms with Crippen molar-refractivity contribution in [2.75, 3.05) is 0 Å². The fourth-order valence-electron chi connectivity index (χ4n) is 1.87. The van der Waals surface area contributed by atoms with Gasteiger partial charge in [-0.1, -0.05) is 0 Å². The summed E-state index contributed by atoms with van der Waals surface area (Å²) in [6.07, 6.45) is -0.954. The molecule has 12 heavy (non-hydrogen) atoms. The van der Waals surface area contributed by atoms with Gasteiger partial charge in [0.1, 0.15) is 0 Å². The lowest BCUT2D eigenvalue weighted by Crippen LogP contribution is -2.27. The van der Waals surface area contributed by atoms with E-state index >= 15 is 0 Å². The van der Waals surface area contributed by atoms with Gasteiger partial charge in [0.2, 0.25) is 17.7 Å². The standard InChI is InChI=1S/C7H7F2NO2/c8-7(9)1-3-4(2-7)6(12)10-5(3)11/h3-4H,1-2H2,(H,10,11,12). The lowest BCUT2D eigenvalue weighted by Gasteiger charge is -2.07. The molecule has 0 aromatic rings. The van der Waals surface area contributed by atoms with Crippen LogP contribution in [0.15, 0.2) is 0 Å². The number of fused-ring (bicyclic) bond motifs is 1. The van der Waals surface area contributed by atoms with Crippen molar-refractivity contribution in [3.8, 4) is 0 Å². The first-order valence-corrected chi connectivity index (χ1v) is 3.72. The Hall–Kier alpha value is -1.00. The van der Waals surface area contributed by atoms with Gasteiger partial charge in [0.25, 0.3) is 0 Å². The van der Waals surface area contributed by atoms with Crippen LogP contribution in [0.3, 0.4) is 0 Å². The largest absolute Gasteiger partial charge is 0.296 e. The maximum absolute atomic E-state index is 12.7. The summed E-state index contributed by atoms with van der Waals surface area (Å²) in [5, 5.41) is 2.05. The van der Waals surface area contributed by atoms with Gasteiger partial charge in [-0.15, -0.1) is 0 Å². The summed E-state index contributed by atoms with van der Waals surface area (Å²) in [6.45, 7) is 0. The van der Waals surface area contributed by atoms with E-state index in [1.165, 1.54) is 0 Å². The number of carbonyl (C=O) groups is 2. The number of alkyl halides is 2. The third kappa shape index (κ3) is 0.922. The summed E-state index contributed by atoms with van der Waals surface area (Å²) in [4.78, 5) is 21.8. The molecule has 1 saturated carbocycles. The monoisotopic (exact) mass is 175 g/mol. The highest BCUT2D eigenvalue weighted by molar-refractivity contribution is 6.05. The van der Waals surface area contributed by atoms with Crippen LogP contribution in [0, 0.1) is 11.8 Å². The van der Waals surface area contributed by atoms with E-state index in [9.17, 15) is 18.4 Å². The molecule has 2 atom stereocenters. The minimum absolute atomic E-state index is 0.477. The zero-order chi connectivity index (χ0) is 8.93. The van der Waals surface area contributed by atoms with Crippen molar-refractivity contribution < 1.29 is 18.4 Å². The summed E-state index contributed by atoms with van der Waals surface area (Å²) in [6, 6.07) is 0. The zero-order valence-corrected chi connectivity index (χ0v) is 6.14. The summed E-state index contributed by atoms with van der Waals surface area (Å²) in [5.74, 6) is -5.48. The molecular weight excluding hydrogens is 168 g/mol. The van der Waals surface area contributed by atoms with E-state index in [0.717, 1.165) is 0 Å². The SMILES string of the molecule is O=C1NC(=O)C2CC(F)(F)CC12. The Morgan fingerprint density at radius 1 is 1.17 bits per heavy atom. The molecule has 5 heteroatoms. The third-order valence-electron chi connectivity index (χ3n) is 2.44. The lowest BCUT2D eigenvalue weighted by atomic mass is 10.00. The molecule has 1 heterocycles. The number of halogens is 2. The second-order valence-electron chi connectivity index (χ2n) is 3.33. The number of nitrogens with one attached hydrogen (secondary N) is 1. The molecule has 1 aliphatic carbocycles. The van der Waals surface area contributed by atoms with Crippen LogP contribution < -0.4 is 5.32 Å². The van der Waals surface area contributed by atoms with Gasteiger partial charge < -0.3 is 0 Å². The molecule has 0 aromatic carbocycles. The average molecular weight is 175 g/mol. The summed E-state index contributed by atoms with van der Waals surface area (Å²) in [7, 11) is 0. The van der Waals surface area contributed by atoms with Crippen LogP contribution in [0.5, 0.6) is 0 Å². The third-order valence-corrected chi connectivity index (χ3v) is 2.44. The van der Waals surface area contributed by atoms with Crippen molar-refractivity contribution >= 4 is 11.8 Å². The number of imide groups is 1. The normalized spacial score (nSPS) is 38.2. The minimum atomic E-state index is -2.83. The van der Waals surface area contributed by atoms with Crippen LogP contribution in [0.1, 0.15) is 12.8 Å². The smallest absolute Gasteiger partial charge is 0.249 e. The van der Waals surface area contributed by atoms with Gasteiger partial charge in [-0.2, -0.15) is 0 Å². The van der Waals surface area contributed by atoms with Crippen molar-refractivity contribution in [3.05, 3.63) is 0 Å². The Morgan fingerprint density at radius 2 is 1.58 bits per heavy atom. The molecule has 0 radical (unpaired) electrons. The van der Waals surface area contributed by atoms with E-state index < -0.39 is 42.4 Å². The second kappa shape index (κ2) is 2.02. The van der Waals surface area contributed by atoms with Crippen molar-refractivity contribution in [2.24, 2.45) is 11.8 Å². The van der Waals surface area contributed by atoms with E-state index in [0.29, 0.717) is 0 Å². The van der Waals surface area contributed by atoms with E-state index in [-0.39, 0.29) is 0 Å². The molecule has 2 fully saturated rings. The maximum Gasteiger partial charge on any atom is 0.249 e. The first kappa shape index (κ1) is 7.64. The molecule has 1 N–H and O–H groups in total. The number of carbonyl (C=O) groups excluding carboxylic acids is 2. The minimum Gasteiger partial charge on any atom is -0.296 e. The molecular formula is C7H7F2NO2. The zero-order valence-electron chi connectivity index (χ0n) is 6.14. The highest BCUT2D eigenvalue weighted by Crippen LogP contribution is 2.45. The number of amides is 2. The molecule has 2 rings (SSSR count). The van der Waals surface area contributed by atoms with Crippen molar-refractivity contribution in [2.45, 2.75) is 18.8 Å². The highest BCUT2D eigenvalue weighted by Gasteiger charge is 2.55. The van der Waals surface area contributed by atoms with Crippen LogP contribution in [0.4, 0.5) is 8.78 Å². The number of hydrogen-bond donors (Lipinski definition) is 1. The first-order chi connectivity index (χ1) is 5.49. The molecule has 2 aliphatic rings. The summed E-state index contributed by atoms with van der Waals surface area (Å²) in [5.41, 5.74) is 0. The van der Waals surface area contributed by atoms with Gasteiger partial charge in [0.05, 0.1) is 11.8 Å². The molecule has 1 aliphatic heterocycles. The Labute approximate surface area is 67.1 Å². The summed E-state index contributed by atoms with van der Waals surface area (Å²) < 4.78 is 25.4. The van der Waals surface area contributed by atoms with E-state index in [1.54, 1.807) is 0 Å². The van der Waals surface area contributed by atoms with Gasteiger partial charge in [-0.25, -0.2) is 8.78 Å². The number of hydrogen-bond acceptors (Lipinski definition) is 2. The lowest BCUT2D eigenvalue weighted by molar-refractivity contribution is -0.128. The predicted octanol–water partition coefficient (Wildman–Crippen LogP) is 0.304. The van der Waals surface area contributed by atoms with Crippen molar-refractivity contribution in [1.82, 2.24) is 5.32 Å². The second-order valence-corrected chi connectivity index (χ2v) is 3.33. The summed E-state index contributed by atoms with van der Waals surface area (Å²) >= 11 is 0. The van der Waals surface area contributed by atoms with Crippen LogP contribution >= 0.6 is 0 Å². The van der Waals surface area contributed by atoms with Crippen molar-refractivity contribution in [1.29, 1.82) is 0 Å². The topological polar surface area (TPSA) is 46.2 Å². The Bertz CT molecular complexity index is 240. The molecule has 0 spiro atoms. The van der Waals surface area contributed by atoms with Gasteiger partial charge in [-0.3, -0.25) is 14.9 Å². The van der Waals surface area contributed by atoms with Gasteiger partial charge in [-0.05, 0) is 0 Å². The Kier molecular flexibility index (Phi) is 1.29. The molecule has 0 aromatic heterocycles. The van der Waals surface area contributed by atoms with Gasteiger partial charge in [0, 0.05) is 12.8 Å². The highest BCUT2D eigenvalue weighted by atomic mass is 19.3. The average Bonchev–Trinajstić information content (AvgIpc) is 2.34. The molecule has 2 amide bonds. The van der Waals surface area contributed by atoms with Crippen molar-refractivity contribution in [3.63, 3.8) is 0 Å². The van der Waals surface area contributed by atoms with E-state index in [4.69, 9.17) is 0 Å². The van der Waals surface area contributed by atoms with Gasteiger partial charge in [0.15, 0.2) is 0 Å². The fourth-order valence-corrected chi connectivity index (χ4v) is 1.87. The van der Waals surface area contributed by atoms with Crippen LogP contribution in [-0.4, -0.2) is 17.7 Å². The molecule has 3 nitrogen and oxygen atoms in total. The maximum atomic E-state index is 12.7. The fraction of sp³-hybridized carbons (Fsp3) is 0.714. The molecule has 1 saturated heterocycles. The predicted molar refractivity (Wildman–Crippen MR) is 34.3 cm³/mol. The first-order valence-electron chi connectivity index (χ1n) is 3.72. The number of rotatable bonds is 0. The molecule has 0 bridgehead atoms. The van der Waals surface area contributed by atoms with Gasteiger partial charge >= 0.3 is 0 Å². The molecule has 66 valence electrons. The Balaban J connectivity index is 2.26. The van der Waals surface area contributed by atoms with Crippen LogP contribution in [0.2, 0.25) is 0 Å².